The highest BCUT2D eigenvalue weighted by atomic mass is 16.4. The van der Waals surface area contributed by atoms with E-state index >= 15 is 0 Å². The number of hydrogen-bond donors (Lipinski definition) is 2. The molecule has 0 aliphatic heterocycles. The lowest BCUT2D eigenvalue weighted by molar-refractivity contribution is 0.480. The molecule has 1 heterocycles. The zero-order chi connectivity index (χ0) is 11.2. The largest absolute Gasteiger partial charge is 0.419 e. The summed E-state index contributed by atoms with van der Waals surface area (Å²) in [5, 5.41) is 11.0. The van der Waals surface area contributed by atoms with E-state index in [1.807, 2.05) is 30.3 Å². The summed E-state index contributed by atoms with van der Waals surface area (Å²) in [4.78, 5) is 0. The van der Waals surface area contributed by atoms with E-state index in [2.05, 4.69) is 15.5 Å². The number of aromatic nitrogens is 2. The van der Waals surface area contributed by atoms with E-state index < -0.39 is 0 Å². The zero-order valence-corrected chi connectivity index (χ0v) is 8.89. The molecule has 0 spiro atoms. The average Bonchev–Trinajstić information content (AvgIpc) is 2.79. The molecule has 0 aliphatic carbocycles. The summed E-state index contributed by atoms with van der Waals surface area (Å²) >= 11 is 0. The minimum absolute atomic E-state index is 0.546. The second kappa shape index (κ2) is 5.39. The smallest absolute Gasteiger partial charge is 0.247 e. The predicted molar refractivity (Wildman–Crippen MR) is 60.5 cm³/mol. The fourth-order valence-corrected chi connectivity index (χ4v) is 1.32. The molecule has 2 rings (SSSR count). The molecule has 5 heteroatoms. The first kappa shape index (κ1) is 10.8. The normalized spacial score (nSPS) is 10.6. The maximum atomic E-state index is 5.49. The number of nitrogens with two attached hydrogens (primary N) is 1. The van der Waals surface area contributed by atoms with Gasteiger partial charge in [0.05, 0.1) is 6.54 Å². The van der Waals surface area contributed by atoms with Crippen LogP contribution in [-0.2, 0) is 6.54 Å². The number of rotatable bonds is 5. The van der Waals surface area contributed by atoms with Gasteiger partial charge < -0.3 is 15.5 Å². The van der Waals surface area contributed by atoms with Crippen LogP contribution in [0, 0.1) is 0 Å². The summed E-state index contributed by atoms with van der Waals surface area (Å²) in [5.74, 6) is 1.12. The van der Waals surface area contributed by atoms with E-state index in [1.165, 1.54) is 0 Å². The maximum absolute atomic E-state index is 5.49. The van der Waals surface area contributed by atoms with E-state index in [9.17, 15) is 0 Å². The minimum Gasteiger partial charge on any atom is -0.419 e. The Bertz CT molecular complexity index is 427. The molecular formula is C11H14N4O. The summed E-state index contributed by atoms with van der Waals surface area (Å²) in [5.41, 5.74) is 6.29. The molecule has 0 bridgehead atoms. The van der Waals surface area contributed by atoms with Gasteiger partial charge >= 0.3 is 0 Å². The Morgan fingerprint density at radius 1 is 1.19 bits per heavy atom. The fraction of sp³-hybridized carbons (Fsp3) is 0.273. The molecule has 0 aliphatic rings. The van der Waals surface area contributed by atoms with Crippen LogP contribution in [0.1, 0.15) is 5.89 Å². The van der Waals surface area contributed by atoms with Gasteiger partial charge in [-0.25, -0.2) is 0 Å². The maximum Gasteiger partial charge on any atom is 0.247 e. The molecule has 16 heavy (non-hydrogen) atoms. The molecule has 5 nitrogen and oxygen atoms in total. The average molecular weight is 218 g/mol. The monoisotopic (exact) mass is 218 g/mol. The highest BCUT2D eigenvalue weighted by molar-refractivity contribution is 5.51. The third-order valence-electron chi connectivity index (χ3n) is 2.08. The van der Waals surface area contributed by atoms with Gasteiger partial charge in [0.2, 0.25) is 11.8 Å². The molecule has 0 saturated carbocycles. The van der Waals surface area contributed by atoms with Crippen LogP contribution in [0.3, 0.4) is 0 Å². The molecule has 0 radical (unpaired) electrons. The van der Waals surface area contributed by atoms with Crippen LogP contribution in [0.2, 0.25) is 0 Å². The van der Waals surface area contributed by atoms with Gasteiger partial charge in [-0.2, -0.15) is 0 Å². The van der Waals surface area contributed by atoms with E-state index in [1.54, 1.807) is 0 Å². The van der Waals surface area contributed by atoms with Gasteiger partial charge in [0.15, 0.2) is 0 Å². The van der Waals surface area contributed by atoms with Crippen LogP contribution in [-0.4, -0.2) is 23.3 Å². The van der Waals surface area contributed by atoms with Gasteiger partial charge in [-0.3, -0.25) is 0 Å². The fourth-order valence-electron chi connectivity index (χ4n) is 1.32. The first-order valence-corrected chi connectivity index (χ1v) is 5.19. The Balaban J connectivity index is 2.02. The zero-order valence-electron chi connectivity index (χ0n) is 8.89. The third-order valence-corrected chi connectivity index (χ3v) is 2.08. The van der Waals surface area contributed by atoms with Crippen molar-refractivity contribution in [3.63, 3.8) is 0 Å². The van der Waals surface area contributed by atoms with Crippen LogP contribution in [0.15, 0.2) is 34.7 Å². The lowest BCUT2D eigenvalue weighted by Crippen LogP contribution is -2.21. The molecule has 0 unspecified atom stereocenters. The molecular weight excluding hydrogens is 204 g/mol. The first-order chi connectivity index (χ1) is 7.90. The SMILES string of the molecule is NCCNCc1nnc(-c2ccccc2)o1. The van der Waals surface area contributed by atoms with E-state index in [4.69, 9.17) is 10.2 Å². The van der Waals surface area contributed by atoms with Gasteiger partial charge in [-0.15, -0.1) is 10.2 Å². The lowest BCUT2D eigenvalue weighted by Gasteiger charge is -1.96. The molecule has 2 aromatic rings. The molecule has 3 N–H and O–H groups in total. The van der Waals surface area contributed by atoms with Crippen LogP contribution >= 0.6 is 0 Å². The highest BCUT2D eigenvalue weighted by Crippen LogP contribution is 2.16. The van der Waals surface area contributed by atoms with Crippen LogP contribution < -0.4 is 11.1 Å². The minimum atomic E-state index is 0.546. The third kappa shape index (κ3) is 2.65. The van der Waals surface area contributed by atoms with Crippen molar-refractivity contribution in [3.8, 4) is 11.5 Å². The second-order valence-corrected chi connectivity index (χ2v) is 3.33. The van der Waals surface area contributed by atoms with Crippen molar-refractivity contribution in [3.05, 3.63) is 36.2 Å². The van der Waals surface area contributed by atoms with E-state index in [0.717, 1.165) is 12.1 Å². The lowest BCUT2D eigenvalue weighted by atomic mass is 10.2. The van der Waals surface area contributed by atoms with Gasteiger partial charge in [0, 0.05) is 18.7 Å². The Hall–Kier alpha value is -1.72. The molecule has 0 saturated heterocycles. The predicted octanol–water partition coefficient (Wildman–Crippen LogP) is 0.785. The number of hydrogen-bond acceptors (Lipinski definition) is 5. The molecule has 1 aromatic heterocycles. The van der Waals surface area contributed by atoms with Gasteiger partial charge in [-0.1, -0.05) is 18.2 Å². The summed E-state index contributed by atoms with van der Waals surface area (Å²) < 4.78 is 5.49. The van der Waals surface area contributed by atoms with Gasteiger partial charge in [0.1, 0.15) is 0 Å². The second-order valence-electron chi connectivity index (χ2n) is 3.33. The van der Waals surface area contributed by atoms with Crippen LogP contribution in [0.4, 0.5) is 0 Å². The molecule has 0 atom stereocenters. The Morgan fingerprint density at radius 2 is 2.00 bits per heavy atom. The number of benzene rings is 1. The standard InChI is InChI=1S/C11H14N4O/c12-6-7-13-8-10-14-15-11(16-10)9-4-2-1-3-5-9/h1-5,13H,6-8,12H2. The van der Waals surface area contributed by atoms with Crippen molar-refractivity contribution >= 4 is 0 Å². The Kier molecular flexibility index (Phi) is 3.63. The first-order valence-electron chi connectivity index (χ1n) is 5.19. The van der Waals surface area contributed by atoms with Crippen LogP contribution in [0.25, 0.3) is 11.5 Å². The van der Waals surface area contributed by atoms with E-state index in [-0.39, 0.29) is 0 Å². The summed E-state index contributed by atoms with van der Waals surface area (Å²) in [6.45, 7) is 1.89. The Morgan fingerprint density at radius 3 is 2.75 bits per heavy atom. The quantitative estimate of drug-likeness (QED) is 0.725. The molecule has 0 amide bonds. The van der Waals surface area contributed by atoms with Gasteiger partial charge in [-0.05, 0) is 12.1 Å². The number of nitrogens with one attached hydrogen (secondary N) is 1. The molecule has 1 aromatic carbocycles. The summed E-state index contributed by atoms with van der Waals surface area (Å²) in [6, 6.07) is 9.69. The van der Waals surface area contributed by atoms with Crippen molar-refractivity contribution in [1.29, 1.82) is 0 Å². The van der Waals surface area contributed by atoms with E-state index in [0.29, 0.717) is 24.9 Å². The van der Waals surface area contributed by atoms with Crippen molar-refractivity contribution < 1.29 is 4.42 Å². The van der Waals surface area contributed by atoms with Crippen molar-refractivity contribution in [2.24, 2.45) is 5.73 Å². The van der Waals surface area contributed by atoms with Crippen molar-refractivity contribution in [1.82, 2.24) is 15.5 Å². The Labute approximate surface area is 93.7 Å². The van der Waals surface area contributed by atoms with Crippen molar-refractivity contribution in [2.45, 2.75) is 6.54 Å². The molecule has 84 valence electrons. The summed E-state index contributed by atoms with van der Waals surface area (Å²) in [7, 11) is 0. The topological polar surface area (TPSA) is 77.0 Å². The highest BCUT2D eigenvalue weighted by Gasteiger charge is 2.06. The summed E-state index contributed by atoms with van der Waals surface area (Å²) in [6.07, 6.45) is 0. The van der Waals surface area contributed by atoms with Gasteiger partial charge in [0.25, 0.3) is 0 Å². The van der Waals surface area contributed by atoms with Crippen LogP contribution in [0.5, 0.6) is 0 Å². The number of nitrogens with zero attached hydrogens (tertiary/aromatic N) is 2. The molecule has 0 fully saturated rings. The van der Waals surface area contributed by atoms with Crippen molar-refractivity contribution in [2.75, 3.05) is 13.1 Å².